The molecule has 56 heavy (non-hydrogen) atoms. The molecule has 296 valence electrons. The third kappa shape index (κ3) is 8.64. The van der Waals surface area contributed by atoms with E-state index in [-0.39, 0.29) is 17.6 Å². The van der Waals surface area contributed by atoms with Crippen LogP contribution in [0, 0.1) is 25.7 Å². The van der Waals surface area contributed by atoms with E-state index in [2.05, 4.69) is 54.0 Å². The fourth-order valence-corrected chi connectivity index (χ4v) is 9.33. The van der Waals surface area contributed by atoms with Gasteiger partial charge in [-0.1, -0.05) is 83.9 Å². The van der Waals surface area contributed by atoms with Gasteiger partial charge < -0.3 is 29.5 Å². The maximum absolute atomic E-state index is 13.2. The molecule has 8 heteroatoms. The number of likely N-dealkylation sites (tertiary alicyclic amines) is 2. The lowest BCUT2D eigenvalue weighted by atomic mass is 9.80. The number of hydrogen-bond donors (Lipinski definition) is 2. The van der Waals surface area contributed by atoms with Crippen molar-refractivity contribution in [3.63, 3.8) is 0 Å². The first-order valence-corrected chi connectivity index (χ1v) is 20.4. The molecule has 0 radical (unpaired) electrons. The van der Waals surface area contributed by atoms with Crippen LogP contribution in [-0.2, 0) is 24.0 Å². The van der Waals surface area contributed by atoms with Crippen molar-refractivity contribution in [3.05, 3.63) is 129 Å². The van der Waals surface area contributed by atoms with E-state index >= 15 is 0 Å². The summed E-state index contributed by atoms with van der Waals surface area (Å²) in [4.78, 5) is 30.7. The van der Waals surface area contributed by atoms with Crippen molar-refractivity contribution in [3.8, 4) is 11.5 Å². The van der Waals surface area contributed by atoms with E-state index in [1.807, 2.05) is 54.6 Å². The van der Waals surface area contributed by atoms with Crippen molar-refractivity contribution >= 4 is 11.6 Å². The lowest BCUT2D eigenvalue weighted by molar-refractivity contribution is -0.0287. The highest BCUT2D eigenvalue weighted by Crippen LogP contribution is 2.38. The van der Waals surface area contributed by atoms with Crippen LogP contribution < -0.4 is 9.47 Å². The number of ether oxygens (including phenoxy) is 2. The van der Waals surface area contributed by atoms with E-state index in [4.69, 9.17) is 9.47 Å². The molecular formula is C48H58N2O6. The van der Waals surface area contributed by atoms with Gasteiger partial charge in [0, 0.05) is 62.2 Å². The normalized spacial score (nSPS) is 22.0. The summed E-state index contributed by atoms with van der Waals surface area (Å²) in [6.07, 6.45) is 6.50. The van der Waals surface area contributed by atoms with Gasteiger partial charge in [0.25, 0.3) is 0 Å². The molecule has 2 atom stereocenters. The van der Waals surface area contributed by atoms with Crippen molar-refractivity contribution in [1.29, 1.82) is 0 Å². The molecule has 2 saturated heterocycles. The molecule has 4 aromatic rings. The minimum atomic E-state index is -0.768. The Morgan fingerprint density at radius 1 is 0.589 bits per heavy atom. The first kappa shape index (κ1) is 39.9. The summed E-state index contributed by atoms with van der Waals surface area (Å²) in [5, 5.41) is 22.2. The number of aryl methyl sites for hydroxylation is 4. The standard InChI is InChI=1S/C25H31NO4.C23H27NO2/c1-17-5-4-6-20(13-17)25(28)9-11-26(12-10-25)16-19-8-7-18-14-22(29-2)23(30-3)15-21(18)24(19)27;1-17-5-4-7-20(15-17)23(26)11-13-24(14-12-23)16-19-10-9-18-6-2-3-8-21(18)22(19)25/h4-6,13-15,19,28H,7-12,16H2,1-3H3;2-8,15,19,26H,9-14,16H2,1H3. The Kier molecular flexibility index (Phi) is 12.1. The summed E-state index contributed by atoms with van der Waals surface area (Å²) in [7, 11) is 3.21. The van der Waals surface area contributed by atoms with Gasteiger partial charge in [-0.3, -0.25) is 9.59 Å². The molecule has 0 spiro atoms. The summed E-state index contributed by atoms with van der Waals surface area (Å²) in [6, 6.07) is 28.2. The number of hydrogen-bond acceptors (Lipinski definition) is 8. The zero-order valence-corrected chi connectivity index (χ0v) is 33.6. The molecule has 4 aliphatic rings. The smallest absolute Gasteiger partial charge is 0.167 e. The Morgan fingerprint density at radius 2 is 1.05 bits per heavy atom. The molecule has 2 aliphatic heterocycles. The summed E-state index contributed by atoms with van der Waals surface area (Å²) >= 11 is 0. The van der Waals surface area contributed by atoms with Crippen molar-refractivity contribution in [2.24, 2.45) is 11.8 Å². The van der Waals surface area contributed by atoms with Crippen LogP contribution in [0.5, 0.6) is 11.5 Å². The Bertz CT molecular complexity index is 2030. The maximum atomic E-state index is 13.2. The molecule has 2 aliphatic carbocycles. The molecule has 0 bridgehead atoms. The number of carbonyl (C=O) groups excluding carboxylic acids is 2. The lowest BCUT2D eigenvalue weighted by Crippen LogP contribution is -2.45. The topological polar surface area (TPSA) is 99.5 Å². The van der Waals surface area contributed by atoms with Crippen molar-refractivity contribution in [2.45, 2.75) is 76.4 Å². The summed E-state index contributed by atoms with van der Waals surface area (Å²) in [5.74, 6) is 1.85. The van der Waals surface area contributed by atoms with Crippen molar-refractivity contribution < 1.29 is 29.3 Å². The van der Waals surface area contributed by atoms with Gasteiger partial charge in [0.2, 0.25) is 0 Å². The Morgan fingerprint density at radius 3 is 1.55 bits per heavy atom. The predicted octanol–water partition coefficient (Wildman–Crippen LogP) is 7.46. The second-order valence-corrected chi connectivity index (χ2v) is 16.6. The second kappa shape index (κ2) is 17.0. The molecule has 2 heterocycles. The molecule has 0 aromatic heterocycles. The van der Waals surface area contributed by atoms with Gasteiger partial charge >= 0.3 is 0 Å². The van der Waals surface area contributed by atoms with Crippen LogP contribution in [0.3, 0.4) is 0 Å². The van der Waals surface area contributed by atoms with Crippen LogP contribution >= 0.6 is 0 Å². The number of Topliss-reactive ketones (excluding diaryl/α,β-unsaturated/α-hetero) is 2. The average molecular weight is 759 g/mol. The van der Waals surface area contributed by atoms with Crippen LogP contribution in [-0.4, -0.2) is 85.1 Å². The molecule has 0 saturated carbocycles. The number of methoxy groups -OCH3 is 2. The van der Waals surface area contributed by atoms with Gasteiger partial charge in [0.15, 0.2) is 23.1 Å². The van der Waals surface area contributed by atoms with Gasteiger partial charge in [-0.25, -0.2) is 0 Å². The first-order valence-electron chi connectivity index (χ1n) is 20.4. The van der Waals surface area contributed by atoms with E-state index in [0.29, 0.717) is 30.1 Å². The fourth-order valence-electron chi connectivity index (χ4n) is 9.33. The molecule has 0 amide bonds. The Balaban J connectivity index is 0.000000173. The van der Waals surface area contributed by atoms with Gasteiger partial charge in [-0.05, 0) is 99.6 Å². The fraction of sp³-hybridized carbons (Fsp3) is 0.458. The van der Waals surface area contributed by atoms with Crippen molar-refractivity contribution in [1.82, 2.24) is 9.80 Å². The molecule has 2 fully saturated rings. The average Bonchev–Trinajstić information content (AvgIpc) is 3.21. The Labute approximate surface area is 332 Å². The monoisotopic (exact) mass is 758 g/mol. The van der Waals surface area contributed by atoms with Gasteiger partial charge in [-0.2, -0.15) is 0 Å². The number of benzene rings is 4. The third-order valence-electron chi connectivity index (χ3n) is 12.9. The van der Waals surface area contributed by atoms with E-state index in [0.717, 1.165) is 106 Å². The van der Waals surface area contributed by atoms with E-state index in [1.54, 1.807) is 14.2 Å². The minimum absolute atomic E-state index is 0.0132. The summed E-state index contributed by atoms with van der Waals surface area (Å²) in [6.45, 7) is 8.97. The molecule has 2 N–H and O–H groups in total. The number of carbonyl (C=O) groups is 2. The van der Waals surface area contributed by atoms with Crippen LogP contribution in [0.4, 0.5) is 0 Å². The van der Waals surface area contributed by atoms with Crippen LogP contribution in [0.25, 0.3) is 0 Å². The highest BCUT2D eigenvalue weighted by Gasteiger charge is 2.38. The number of rotatable bonds is 8. The summed E-state index contributed by atoms with van der Waals surface area (Å²) < 4.78 is 10.8. The quantitative estimate of drug-likeness (QED) is 0.191. The number of nitrogens with zero attached hydrogens (tertiary/aromatic N) is 2. The molecule has 2 unspecified atom stereocenters. The molecule has 4 aromatic carbocycles. The zero-order valence-electron chi connectivity index (χ0n) is 33.6. The number of piperidine rings is 2. The number of aliphatic hydroxyl groups is 2. The van der Waals surface area contributed by atoms with Crippen LogP contribution in [0.1, 0.15) is 92.6 Å². The molecular weight excluding hydrogens is 701 g/mol. The van der Waals surface area contributed by atoms with Crippen LogP contribution in [0.15, 0.2) is 84.9 Å². The second-order valence-electron chi connectivity index (χ2n) is 16.6. The first-order chi connectivity index (χ1) is 27.0. The largest absolute Gasteiger partial charge is 0.493 e. The van der Waals surface area contributed by atoms with Gasteiger partial charge in [-0.15, -0.1) is 0 Å². The van der Waals surface area contributed by atoms with Gasteiger partial charge in [0.05, 0.1) is 25.4 Å². The van der Waals surface area contributed by atoms with E-state index in [1.165, 1.54) is 16.7 Å². The maximum Gasteiger partial charge on any atom is 0.167 e. The van der Waals surface area contributed by atoms with E-state index in [9.17, 15) is 19.8 Å². The van der Waals surface area contributed by atoms with E-state index < -0.39 is 11.2 Å². The zero-order chi connectivity index (χ0) is 39.5. The molecule has 8 rings (SSSR count). The van der Waals surface area contributed by atoms with Crippen molar-refractivity contribution in [2.75, 3.05) is 53.5 Å². The highest BCUT2D eigenvalue weighted by atomic mass is 16.5. The Hall–Kier alpha value is -4.34. The van der Waals surface area contributed by atoms with Crippen LogP contribution in [0.2, 0.25) is 0 Å². The number of ketones is 2. The SMILES string of the molecule is COc1cc2c(cc1OC)C(=O)C(CN1CCC(O)(c3cccc(C)c3)CC1)CC2.Cc1cccc(C2(O)CCN(CC3CCc4ccccc4C3=O)CC2)c1. The third-order valence-corrected chi connectivity index (χ3v) is 12.9. The molecule has 8 nitrogen and oxygen atoms in total. The summed E-state index contributed by atoms with van der Waals surface area (Å²) in [5.41, 5.74) is 6.80. The minimum Gasteiger partial charge on any atom is -0.493 e. The lowest BCUT2D eigenvalue weighted by Gasteiger charge is -2.40. The predicted molar refractivity (Wildman–Crippen MR) is 220 cm³/mol. The number of fused-ring (bicyclic) bond motifs is 2. The highest BCUT2D eigenvalue weighted by molar-refractivity contribution is 6.01. The van der Waals surface area contributed by atoms with Gasteiger partial charge in [0.1, 0.15) is 0 Å².